The van der Waals surface area contributed by atoms with Gasteiger partial charge in [-0.15, -0.1) is 0 Å². The number of carbonyl (C=O) groups excluding carboxylic acids is 1. The fourth-order valence-electron chi connectivity index (χ4n) is 2.38. The molecule has 1 heterocycles. The molecule has 112 valence electrons. The molecule has 0 radical (unpaired) electrons. The number of halogens is 1. The zero-order valence-electron chi connectivity index (χ0n) is 11.0. The zero-order chi connectivity index (χ0) is 15.6. The fraction of sp³-hybridized carbons (Fsp3) is 0.385. The third kappa shape index (κ3) is 2.99. The maximum atomic E-state index is 13.7. The summed E-state index contributed by atoms with van der Waals surface area (Å²) in [5.74, 6) is -2.89. The second-order valence-electron chi connectivity index (χ2n) is 4.77. The molecular formula is C13H13FN2O5. The first kappa shape index (κ1) is 14.9. The van der Waals surface area contributed by atoms with E-state index in [0.717, 1.165) is 23.1 Å². The molecule has 0 spiro atoms. The quantitative estimate of drug-likeness (QED) is 0.677. The van der Waals surface area contributed by atoms with E-state index in [0.29, 0.717) is 12.8 Å². The lowest BCUT2D eigenvalue weighted by Gasteiger charge is -2.33. The van der Waals surface area contributed by atoms with Crippen molar-refractivity contribution in [2.24, 2.45) is 0 Å². The van der Waals surface area contributed by atoms with E-state index in [1.54, 1.807) is 0 Å². The van der Waals surface area contributed by atoms with Crippen LogP contribution in [0.25, 0.3) is 0 Å². The molecule has 8 heteroatoms. The normalized spacial score (nSPS) is 18.3. The Hall–Kier alpha value is -2.51. The minimum atomic E-state index is -1.16. The number of benzene rings is 1. The first-order chi connectivity index (χ1) is 9.91. The Morgan fingerprint density at radius 2 is 2.10 bits per heavy atom. The van der Waals surface area contributed by atoms with Crippen molar-refractivity contribution >= 4 is 17.6 Å². The summed E-state index contributed by atoms with van der Waals surface area (Å²) in [5, 5.41) is 19.8. The lowest BCUT2D eigenvalue weighted by Crippen LogP contribution is -2.48. The number of nitrogens with zero attached hydrogens (tertiary/aromatic N) is 2. The number of carboxylic acid groups (broad SMARTS) is 1. The molecule has 0 bridgehead atoms. The molecule has 1 aliphatic heterocycles. The summed E-state index contributed by atoms with van der Waals surface area (Å²) in [5.41, 5.74) is -0.888. The average Bonchev–Trinajstić information content (AvgIpc) is 2.46. The SMILES string of the molecule is O=C(O)[C@H]1CCCCN1C(=O)c1cc([N+](=O)[O-])ccc1F. The summed E-state index contributed by atoms with van der Waals surface area (Å²) in [6.45, 7) is 0.192. The van der Waals surface area contributed by atoms with E-state index in [2.05, 4.69) is 0 Å². The minimum absolute atomic E-state index is 0.192. The van der Waals surface area contributed by atoms with Crippen molar-refractivity contribution in [1.82, 2.24) is 4.90 Å². The molecule has 0 aromatic heterocycles. The van der Waals surface area contributed by atoms with Gasteiger partial charge < -0.3 is 10.0 Å². The van der Waals surface area contributed by atoms with Crippen molar-refractivity contribution in [3.63, 3.8) is 0 Å². The molecule has 1 N–H and O–H groups in total. The number of carboxylic acids is 1. The summed E-state index contributed by atoms with van der Waals surface area (Å²) < 4.78 is 13.7. The standard InChI is InChI=1S/C13H13FN2O5/c14-10-5-4-8(16(20)21)7-9(10)12(17)15-6-2-1-3-11(15)13(18)19/h4-5,7,11H,1-3,6H2,(H,18,19)/t11-/m1/s1. The molecule has 1 aromatic carbocycles. The van der Waals surface area contributed by atoms with Gasteiger partial charge in [0.15, 0.2) is 0 Å². The average molecular weight is 296 g/mol. The highest BCUT2D eigenvalue weighted by Gasteiger charge is 2.34. The number of hydrogen-bond acceptors (Lipinski definition) is 4. The molecule has 21 heavy (non-hydrogen) atoms. The first-order valence-electron chi connectivity index (χ1n) is 6.39. The lowest BCUT2D eigenvalue weighted by molar-refractivity contribution is -0.384. The van der Waals surface area contributed by atoms with E-state index in [4.69, 9.17) is 5.11 Å². The van der Waals surface area contributed by atoms with Gasteiger partial charge in [-0.05, 0) is 25.3 Å². The fourth-order valence-corrected chi connectivity index (χ4v) is 2.38. The number of aliphatic carboxylic acids is 1. The van der Waals surface area contributed by atoms with Gasteiger partial charge in [0.1, 0.15) is 11.9 Å². The van der Waals surface area contributed by atoms with Gasteiger partial charge in [-0.25, -0.2) is 9.18 Å². The Labute approximate surface area is 119 Å². The third-order valence-corrected chi connectivity index (χ3v) is 3.44. The second-order valence-corrected chi connectivity index (χ2v) is 4.77. The van der Waals surface area contributed by atoms with Crippen LogP contribution in [0.4, 0.5) is 10.1 Å². The van der Waals surface area contributed by atoms with E-state index in [-0.39, 0.29) is 13.0 Å². The summed E-state index contributed by atoms with van der Waals surface area (Å²) in [6, 6.07) is 1.61. The van der Waals surface area contributed by atoms with Gasteiger partial charge in [-0.1, -0.05) is 0 Å². The number of rotatable bonds is 3. The summed E-state index contributed by atoms with van der Waals surface area (Å²) in [4.78, 5) is 34.5. The number of carbonyl (C=O) groups is 2. The number of piperidine rings is 1. The number of nitro groups is 1. The molecule has 2 rings (SSSR count). The van der Waals surface area contributed by atoms with Crippen LogP contribution in [-0.2, 0) is 4.79 Å². The van der Waals surface area contributed by atoms with Gasteiger partial charge in [0.05, 0.1) is 10.5 Å². The Balaban J connectivity index is 2.36. The van der Waals surface area contributed by atoms with Gasteiger partial charge in [-0.3, -0.25) is 14.9 Å². The molecule has 1 amide bonds. The van der Waals surface area contributed by atoms with Gasteiger partial charge in [-0.2, -0.15) is 0 Å². The van der Waals surface area contributed by atoms with Crippen molar-refractivity contribution in [2.45, 2.75) is 25.3 Å². The van der Waals surface area contributed by atoms with Crippen molar-refractivity contribution < 1.29 is 24.0 Å². The summed E-state index contributed by atoms with van der Waals surface area (Å²) in [6.07, 6.45) is 1.57. The number of hydrogen-bond donors (Lipinski definition) is 1. The Morgan fingerprint density at radius 3 is 2.71 bits per heavy atom. The number of amides is 1. The summed E-state index contributed by atoms with van der Waals surface area (Å²) >= 11 is 0. The highest BCUT2D eigenvalue weighted by Crippen LogP contribution is 2.23. The highest BCUT2D eigenvalue weighted by molar-refractivity contribution is 5.97. The molecule has 1 atom stereocenters. The molecule has 0 aliphatic carbocycles. The van der Waals surface area contributed by atoms with Crippen molar-refractivity contribution in [3.8, 4) is 0 Å². The van der Waals surface area contributed by atoms with Crippen LogP contribution in [0.3, 0.4) is 0 Å². The van der Waals surface area contributed by atoms with Crippen LogP contribution in [0, 0.1) is 15.9 Å². The van der Waals surface area contributed by atoms with Crippen LogP contribution in [0.1, 0.15) is 29.6 Å². The maximum absolute atomic E-state index is 13.7. The third-order valence-electron chi connectivity index (χ3n) is 3.44. The molecule has 1 aromatic rings. The van der Waals surface area contributed by atoms with Crippen molar-refractivity contribution in [2.75, 3.05) is 6.54 Å². The predicted molar refractivity (Wildman–Crippen MR) is 69.4 cm³/mol. The smallest absolute Gasteiger partial charge is 0.326 e. The first-order valence-corrected chi connectivity index (χ1v) is 6.39. The molecule has 0 unspecified atom stereocenters. The Kier molecular flexibility index (Phi) is 4.15. The van der Waals surface area contributed by atoms with Crippen LogP contribution in [0.15, 0.2) is 18.2 Å². The summed E-state index contributed by atoms with van der Waals surface area (Å²) in [7, 11) is 0. The van der Waals surface area contributed by atoms with Crippen LogP contribution < -0.4 is 0 Å². The monoisotopic (exact) mass is 296 g/mol. The maximum Gasteiger partial charge on any atom is 0.326 e. The molecule has 1 saturated heterocycles. The number of nitro benzene ring substituents is 1. The number of non-ortho nitro benzene ring substituents is 1. The Morgan fingerprint density at radius 1 is 1.38 bits per heavy atom. The number of likely N-dealkylation sites (tertiary alicyclic amines) is 1. The van der Waals surface area contributed by atoms with E-state index in [1.165, 1.54) is 0 Å². The molecule has 7 nitrogen and oxygen atoms in total. The largest absolute Gasteiger partial charge is 0.480 e. The van der Waals surface area contributed by atoms with Gasteiger partial charge >= 0.3 is 5.97 Å². The molecule has 0 saturated carbocycles. The van der Waals surface area contributed by atoms with E-state index in [1.807, 2.05) is 0 Å². The molecule has 1 aliphatic rings. The van der Waals surface area contributed by atoms with Crippen LogP contribution in [-0.4, -0.2) is 39.4 Å². The Bertz CT molecular complexity index is 604. The van der Waals surface area contributed by atoms with E-state index >= 15 is 0 Å². The topological polar surface area (TPSA) is 101 Å². The van der Waals surface area contributed by atoms with E-state index < -0.39 is 39.9 Å². The van der Waals surface area contributed by atoms with E-state index in [9.17, 15) is 24.1 Å². The zero-order valence-corrected chi connectivity index (χ0v) is 11.0. The van der Waals surface area contributed by atoms with Gasteiger partial charge in [0, 0.05) is 18.7 Å². The van der Waals surface area contributed by atoms with Gasteiger partial charge in [0.25, 0.3) is 11.6 Å². The predicted octanol–water partition coefficient (Wildman–Crippen LogP) is 1.81. The highest BCUT2D eigenvalue weighted by atomic mass is 19.1. The van der Waals surface area contributed by atoms with Gasteiger partial charge in [0.2, 0.25) is 0 Å². The lowest BCUT2D eigenvalue weighted by atomic mass is 10.0. The molecular weight excluding hydrogens is 283 g/mol. The minimum Gasteiger partial charge on any atom is -0.480 e. The van der Waals surface area contributed by atoms with Crippen molar-refractivity contribution in [3.05, 3.63) is 39.7 Å². The van der Waals surface area contributed by atoms with Crippen molar-refractivity contribution in [1.29, 1.82) is 0 Å². The second kappa shape index (κ2) is 5.86. The molecule has 1 fully saturated rings. The van der Waals surface area contributed by atoms with Crippen LogP contribution >= 0.6 is 0 Å². The van der Waals surface area contributed by atoms with Crippen LogP contribution in [0.2, 0.25) is 0 Å². The van der Waals surface area contributed by atoms with Crippen LogP contribution in [0.5, 0.6) is 0 Å².